The molecule has 26 heavy (non-hydrogen) atoms. The van der Waals surface area contributed by atoms with Crippen LogP contribution in [0.3, 0.4) is 0 Å². The van der Waals surface area contributed by atoms with E-state index in [0.717, 1.165) is 0 Å². The summed E-state index contributed by atoms with van der Waals surface area (Å²) in [5, 5.41) is 11.2. The van der Waals surface area contributed by atoms with Crippen molar-refractivity contribution < 1.29 is 33.7 Å². The fourth-order valence-electron chi connectivity index (χ4n) is 1.88. The number of thioether (sulfide) groups is 1. The third-order valence-corrected chi connectivity index (χ3v) is 3.72. The molecule has 2 N–H and O–H groups in total. The van der Waals surface area contributed by atoms with Crippen molar-refractivity contribution in [2.75, 3.05) is 64.8 Å². The van der Waals surface area contributed by atoms with Crippen molar-refractivity contribution in [1.82, 2.24) is 5.32 Å². The Balaban J connectivity index is 3.32. The number of aliphatic hydroxyl groups is 1. The maximum absolute atomic E-state index is 11.5. The Hall–Kier alpha value is -1.00. The van der Waals surface area contributed by atoms with E-state index in [0.29, 0.717) is 57.8 Å². The van der Waals surface area contributed by atoms with Crippen LogP contribution in [0.25, 0.3) is 0 Å². The Morgan fingerprint density at radius 2 is 1.58 bits per heavy atom. The fourth-order valence-corrected chi connectivity index (χ4v) is 2.34. The van der Waals surface area contributed by atoms with Crippen LogP contribution in [0, 0.1) is 0 Å². The quantitative estimate of drug-likeness (QED) is 0.300. The minimum Gasteiger partial charge on any atom is -0.394 e. The number of carbonyl (C=O) groups excluding carboxylic acids is 3. The fraction of sp³-hybridized carbons (Fsp3) is 0.824. The summed E-state index contributed by atoms with van der Waals surface area (Å²) in [6.07, 6.45) is 3.96. The molecule has 1 amide bonds. The minimum atomic E-state index is -0.212. The topological polar surface area (TPSA) is 111 Å². The van der Waals surface area contributed by atoms with Crippen molar-refractivity contribution in [3.63, 3.8) is 0 Å². The molecule has 0 fully saturated rings. The smallest absolute Gasteiger partial charge is 0.245 e. The first-order chi connectivity index (χ1) is 12.6. The van der Waals surface area contributed by atoms with Crippen LogP contribution in [-0.2, 0) is 28.6 Å². The van der Waals surface area contributed by atoms with Crippen molar-refractivity contribution in [2.45, 2.75) is 25.7 Å². The second-order valence-corrected chi connectivity index (χ2v) is 6.37. The molecule has 0 aromatic rings. The van der Waals surface area contributed by atoms with Gasteiger partial charge >= 0.3 is 0 Å². The molecule has 0 aliphatic rings. The van der Waals surface area contributed by atoms with Crippen molar-refractivity contribution in [3.8, 4) is 0 Å². The van der Waals surface area contributed by atoms with Gasteiger partial charge in [0.15, 0.2) is 5.78 Å². The maximum Gasteiger partial charge on any atom is 0.245 e. The van der Waals surface area contributed by atoms with Gasteiger partial charge in [0.1, 0.15) is 19.0 Å². The Kier molecular flexibility index (Phi) is 18.1. The summed E-state index contributed by atoms with van der Waals surface area (Å²) in [7, 11) is 0. The zero-order chi connectivity index (χ0) is 19.5. The van der Waals surface area contributed by atoms with E-state index in [1.54, 1.807) is 0 Å². The van der Waals surface area contributed by atoms with Gasteiger partial charge < -0.3 is 24.6 Å². The number of nitrogens with one attached hydrogen (secondary N) is 1. The highest BCUT2D eigenvalue weighted by molar-refractivity contribution is 7.99. The van der Waals surface area contributed by atoms with Crippen LogP contribution in [0.4, 0.5) is 0 Å². The number of rotatable bonds is 19. The third-order valence-electron chi connectivity index (χ3n) is 3.11. The standard InChI is InChI=1S/C17H31NO7S/c1-26-14-16(21)4-2-6-18-17(22)13-25-11-10-23-8-3-5-15(20)12-24-9-7-19/h19H,2-14H2,1H3,(H,18,22). The molecule has 0 bridgehead atoms. The van der Waals surface area contributed by atoms with Gasteiger partial charge in [0.25, 0.3) is 0 Å². The Bertz CT molecular complexity index is 393. The first-order valence-corrected chi connectivity index (χ1v) is 10.1. The highest BCUT2D eigenvalue weighted by atomic mass is 32.2. The average Bonchev–Trinajstić information content (AvgIpc) is 2.61. The number of Topliss-reactive ketones (excluding diaryl/α,β-unsaturated/α-hetero) is 2. The van der Waals surface area contributed by atoms with E-state index in [9.17, 15) is 14.4 Å². The zero-order valence-corrected chi connectivity index (χ0v) is 16.3. The van der Waals surface area contributed by atoms with E-state index in [1.165, 1.54) is 11.8 Å². The first kappa shape index (κ1) is 25.0. The van der Waals surface area contributed by atoms with Crippen LogP contribution >= 0.6 is 11.8 Å². The minimum absolute atomic E-state index is 0.0184. The second kappa shape index (κ2) is 18.8. The molecule has 0 rings (SSSR count). The molecule has 0 spiro atoms. The van der Waals surface area contributed by atoms with Gasteiger partial charge in [0.2, 0.25) is 5.91 Å². The average molecular weight is 394 g/mol. The number of carbonyl (C=O) groups is 3. The summed E-state index contributed by atoms with van der Waals surface area (Å²) in [5.74, 6) is 0.475. The Morgan fingerprint density at radius 3 is 2.31 bits per heavy atom. The van der Waals surface area contributed by atoms with Gasteiger partial charge in [0, 0.05) is 26.0 Å². The lowest BCUT2D eigenvalue weighted by molar-refractivity contribution is -0.127. The van der Waals surface area contributed by atoms with Crippen molar-refractivity contribution >= 4 is 29.2 Å². The molecule has 0 unspecified atom stereocenters. The molecule has 0 aliphatic heterocycles. The first-order valence-electron chi connectivity index (χ1n) is 8.73. The van der Waals surface area contributed by atoms with E-state index < -0.39 is 0 Å². The van der Waals surface area contributed by atoms with Crippen molar-refractivity contribution in [3.05, 3.63) is 0 Å². The van der Waals surface area contributed by atoms with Gasteiger partial charge in [0.05, 0.1) is 32.2 Å². The zero-order valence-electron chi connectivity index (χ0n) is 15.5. The molecule has 0 radical (unpaired) electrons. The number of amides is 1. The normalized spacial score (nSPS) is 10.7. The van der Waals surface area contributed by atoms with Crippen LogP contribution in [0.15, 0.2) is 0 Å². The SMILES string of the molecule is CSCC(=O)CCCNC(=O)COCCOCCCC(=O)COCCO. The van der Waals surface area contributed by atoms with Gasteiger partial charge in [-0.3, -0.25) is 14.4 Å². The number of aliphatic hydroxyl groups excluding tert-OH is 1. The van der Waals surface area contributed by atoms with Crippen LogP contribution in [0.5, 0.6) is 0 Å². The number of hydrogen-bond acceptors (Lipinski definition) is 8. The highest BCUT2D eigenvalue weighted by Crippen LogP contribution is 1.97. The lowest BCUT2D eigenvalue weighted by Crippen LogP contribution is -2.29. The predicted molar refractivity (Wildman–Crippen MR) is 99.4 cm³/mol. The summed E-state index contributed by atoms with van der Waals surface area (Å²) >= 11 is 1.50. The number of ketones is 2. The second-order valence-electron chi connectivity index (χ2n) is 5.51. The van der Waals surface area contributed by atoms with E-state index in [-0.39, 0.29) is 43.9 Å². The van der Waals surface area contributed by atoms with Gasteiger partial charge in [-0.1, -0.05) is 0 Å². The summed E-state index contributed by atoms with van der Waals surface area (Å²) in [6, 6.07) is 0. The van der Waals surface area contributed by atoms with E-state index >= 15 is 0 Å². The molecule has 0 aromatic heterocycles. The molecule has 152 valence electrons. The summed E-state index contributed by atoms with van der Waals surface area (Å²) in [6.45, 7) is 1.61. The molecule has 9 heteroatoms. The monoisotopic (exact) mass is 393 g/mol. The largest absolute Gasteiger partial charge is 0.394 e. The molecule has 8 nitrogen and oxygen atoms in total. The van der Waals surface area contributed by atoms with Crippen molar-refractivity contribution in [2.24, 2.45) is 0 Å². The van der Waals surface area contributed by atoms with Crippen LogP contribution in [0.1, 0.15) is 25.7 Å². The molecule has 0 saturated heterocycles. The summed E-state index contributed by atoms with van der Waals surface area (Å²) in [5.41, 5.74) is 0. The van der Waals surface area contributed by atoms with Crippen LogP contribution in [-0.4, -0.2) is 87.4 Å². The number of hydrogen-bond donors (Lipinski definition) is 2. The Labute approximate surface area is 159 Å². The third kappa shape index (κ3) is 17.8. The molecular weight excluding hydrogens is 362 g/mol. The van der Waals surface area contributed by atoms with Crippen LogP contribution in [0.2, 0.25) is 0 Å². The lowest BCUT2D eigenvalue weighted by Gasteiger charge is -2.07. The molecule has 0 aromatic carbocycles. The van der Waals surface area contributed by atoms with E-state index in [1.807, 2.05) is 6.26 Å². The molecule has 0 atom stereocenters. The van der Waals surface area contributed by atoms with Gasteiger partial charge in [-0.2, -0.15) is 11.8 Å². The van der Waals surface area contributed by atoms with Crippen LogP contribution < -0.4 is 5.32 Å². The molecule has 0 aliphatic carbocycles. The molecule has 0 saturated carbocycles. The molecule has 0 heterocycles. The van der Waals surface area contributed by atoms with Gasteiger partial charge in [-0.05, 0) is 19.1 Å². The van der Waals surface area contributed by atoms with Gasteiger partial charge in [-0.15, -0.1) is 0 Å². The Morgan fingerprint density at radius 1 is 0.885 bits per heavy atom. The van der Waals surface area contributed by atoms with Crippen molar-refractivity contribution in [1.29, 1.82) is 0 Å². The number of ether oxygens (including phenoxy) is 3. The van der Waals surface area contributed by atoms with Gasteiger partial charge in [-0.25, -0.2) is 0 Å². The summed E-state index contributed by atoms with van der Waals surface area (Å²) in [4.78, 5) is 34.2. The predicted octanol–water partition coefficient (Wildman–Crippen LogP) is 0.206. The summed E-state index contributed by atoms with van der Waals surface area (Å²) < 4.78 is 15.4. The lowest BCUT2D eigenvalue weighted by atomic mass is 10.2. The maximum atomic E-state index is 11.5. The van der Waals surface area contributed by atoms with E-state index in [4.69, 9.17) is 19.3 Å². The highest BCUT2D eigenvalue weighted by Gasteiger charge is 2.04. The van der Waals surface area contributed by atoms with E-state index in [2.05, 4.69) is 5.32 Å². The molecular formula is C17H31NO7S.